The average Bonchev–Trinajstić information content (AvgIpc) is 2.42. The summed E-state index contributed by atoms with van der Waals surface area (Å²) in [5.74, 6) is -1.05. The Morgan fingerprint density at radius 3 is 2.39 bits per heavy atom. The number of benzene rings is 1. The van der Waals surface area contributed by atoms with Crippen LogP contribution in [0, 0.1) is 0 Å². The number of halogens is 2. The van der Waals surface area contributed by atoms with Crippen LogP contribution in [-0.4, -0.2) is 37.6 Å². The van der Waals surface area contributed by atoms with Gasteiger partial charge in [0.1, 0.15) is 0 Å². The molecule has 2 N–H and O–H groups in total. The molecule has 2 amide bonds. The van der Waals surface area contributed by atoms with E-state index in [2.05, 4.69) is 15.4 Å². The van der Waals surface area contributed by atoms with Gasteiger partial charge < -0.3 is 20.1 Å². The zero-order chi connectivity index (χ0) is 17.6. The van der Waals surface area contributed by atoms with Crippen LogP contribution in [-0.2, 0) is 4.79 Å². The van der Waals surface area contributed by atoms with E-state index in [-0.39, 0.29) is 29.5 Å². The normalized spacial score (nSPS) is 11.1. The van der Waals surface area contributed by atoms with Crippen molar-refractivity contribution in [3.05, 3.63) is 23.8 Å². The molecule has 0 aromatic heterocycles. The fourth-order valence-electron chi connectivity index (χ4n) is 1.73. The Morgan fingerprint density at radius 2 is 1.87 bits per heavy atom. The van der Waals surface area contributed by atoms with E-state index in [4.69, 9.17) is 4.74 Å². The van der Waals surface area contributed by atoms with Crippen molar-refractivity contribution in [2.24, 2.45) is 0 Å². The molecule has 0 aliphatic rings. The molecule has 23 heavy (non-hydrogen) atoms. The molecule has 128 valence electrons. The van der Waals surface area contributed by atoms with Crippen LogP contribution in [0.5, 0.6) is 11.5 Å². The lowest BCUT2D eigenvalue weighted by Crippen LogP contribution is -2.45. The highest BCUT2D eigenvalue weighted by molar-refractivity contribution is 5.97. The van der Waals surface area contributed by atoms with E-state index in [1.165, 1.54) is 25.3 Å². The first-order chi connectivity index (χ1) is 10.6. The van der Waals surface area contributed by atoms with Crippen LogP contribution in [0.3, 0.4) is 0 Å². The van der Waals surface area contributed by atoms with Gasteiger partial charge in [-0.3, -0.25) is 9.59 Å². The smallest absolute Gasteiger partial charge is 0.387 e. The van der Waals surface area contributed by atoms with Crippen molar-refractivity contribution in [3.8, 4) is 11.5 Å². The number of ether oxygens (including phenoxy) is 2. The molecule has 8 heteroatoms. The Labute approximate surface area is 133 Å². The lowest BCUT2D eigenvalue weighted by molar-refractivity contribution is -0.121. The quantitative estimate of drug-likeness (QED) is 0.836. The molecule has 1 aromatic rings. The van der Waals surface area contributed by atoms with Gasteiger partial charge in [0.25, 0.3) is 5.91 Å². The third kappa shape index (κ3) is 6.50. The highest BCUT2D eigenvalue weighted by atomic mass is 19.3. The lowest BCUT2D eigenvalue weighted by atomic mass is 10.1. The second kappa shape index (κ2) is 7.75. The molecule has 0 radical (unpaired) electrons. The largest absolute Gasteiger partial charge is 0.493 e. The first-order valence-corrected chi connectivity index (χ1v) is 6.84. The standard InChI is InChI=1S/C15H20F2N2O4/c1-15(2,3)19-12(20)8-18-13(21)9-5-6-10(23-14(16)17)11(7-9)22-4/h5-7,14H,8H2,1-4H3,(H,18,21)(H,19,20). The molecular weight excluding hydrogens is 310 g/mol. The van der Waals surface area contributed by atoms with Crippen molar-refractivity contribution in [3.63, 3.8) is 0 Å². The summed E-state index contributed by atoms with van der Waals surface area (Å²) in [6.07, 6.45) is 0. The number of nitrogens with one attached hydrogen (secondary N) is 2. The number of hydrogen-bond donors (Lipinski definition) is 2. The van der Waals surface area contributed by atoms with Crippen molar-refractivity contribution in [2.45, 2.75) is 32.9 Å². The minimum Gasteiger partial charge on any atom is -0.493 e. The molecule has 0 saturated heterocycles. The molecule has 0 fully saturated rings. The third-order valence-electron chi connectivity index (χ3n) is 2.57. The minimum absolute atomic E-state index is 0.00269. The van der Waals surface area contributed by atoms with Crippen LogP contribution >= 0.6 is 0 Å². The van der Waals surface area contributed by atoms with Crippen LogP contribution in [0.1, 0.15) is 31.1 Å². The van der Waals surface area contributed by atoms with Gasteiger partial charge in [0, 0.05) is 11.1 Å². The number of methoxy groups -OCH3 is 1. The minimum atomic E-state index is -3.00. The van der Waals surface area contributed by atoms with E-state index in [9.17, 15) is 18.4 Å². The zero-order valence-corrected chi connectivity index (χ0v) is 13.4. The topological polar surface area (TPSA) is 76.7 Å². The maximum absolute atomic E-state index is 12.2. The van der Waals surface area contributed by atoms with Gasteiger partial charge in [0.05, 0.1) is 13.7 Å². The van der Waals surface area contributed by atoms with Crippen LogP contribution < -0.4 is 20.1 Å². The molecule has 1 aromatic carbocycles. The Morgan fingerprint density at radius 1 is 1.22 bits per heavy atom. The number of carbonyl (C=O) groups is 2. The first-order valence-electron chi connectivity index (χ1n) is 6.84. The predicted molar refractivity (Wildman–Crippen MR) is 79.9 cm³/mol. The number of amides is 2. The summed E-state index contributed by atoms with van der Waals surface area (Å²) in [7, 11) is 1.27. The van der Waals surface area contributed by atoms with Crippen LogP contribution in [0.4, 0.5) is 8.78 Å². The SMILES string of the molecule is COc1cc(C(=O)NCC(=O)NC(C)(C)C)ccc1OC(F)F. The number of hydrogen-bond acceptors (Lipinski definition) is 4. The fourth-order valence-corrected chi connectivity index (χ4v) is 1.73. The number of carbonyl (C=O) groups excluding carboxylic acids is 2. The summed E-state index contributed by atoms with van der Waals surface area (Å²) >= 11 is 0. The molecule has 0 atom stereocenters. The molecular formula is C15H20F2N2O4. The van der Waals surface area contributed by atoms with E-state index in [0.717, 1.165) is 0 Å². The molecule has 1 rings (SSSR count). The molecule has 0 saturated carbocycles. The summed E-state index contributed by atoms with van der Waals surface area (Å²) in [4.78, 5) is 23.6. The summed E-state index contributed by atoms with van der Waals surface area (Å²) < 4.78 is 33.7. The van der Waals surface area contributed by atoms with Gasteiger partial charge in [0.2, 0.25) is 5.91 Å². The summed E-state index contributed by atoms with van der Waals surface area (Å²) in [6, 6.07) is 3.76. The van der Waals surface area contributed by atoms with E-state index >= 15 is 0 Å². The van der Waals surface area contributed by atoms with Crippen LogP contribution in [0.15, 0.2) is 18.2 Å². The summed E-state index contributed by atoms with van der Waals surface area (Å²) in [5.41, 5.74) is -0.244. The fraction of sp³-hybridized carbons (Fsp3) is 0.467. The molecule has 0 aliphatic heterocycles. The third-order valence-corrected chi connectivity index (χ3v) is 2.57. The Hall–Kier alpha value is -2.38. The zero-order valence-electron chi connectivity index (χ0n) is 13.4. The second-order valence-electron chi connectivity index (χ2n) is 5.72. The van der Waals surface area contributed by atoms with E-state index in [1.807, 2.05) is 20.8 Å². The van der Waals surface area contributed by atoms with Crippen molar-refractivity contribution >= 4 is 11.8 Å². The monoisotopic (exact) mass is 330 g/mol. The Kier molecular flexibility index (Phi) is 6.29. The summed E-state index contributed by atoms with van der Waals surface area (Å²) in [6.45, 7) is 2.26. The molecule has 0 aliphatic carbocycles. The number of rotatable bonds is 6. The van der Waals surface area contributed by atoms with Crippen LogP contribution in [0.25, 0.3) is 0 Å². The maximum atomic E-state index is 12.2. The summed E-state index contributed by atoms with van der Waals surface area (Å²) in [5, 5.41) is 5.13. The van der Waals surface area contributed by atoms with Crippen molar-refractivity contribution in [2.75, 3.05) is 13.7 Å². The van der Waals surface area contributed by atoms with Crippen molar-refractivity contribution < 1.29 is 27.8 Å². The van der Waals surface area contributed by atoms with Gasteiger partial charge in [-0.1, -0.05) is 0 Å². The van der Waals surface area contributed by atoms with Gasteiger partial charge in [-0.05, 0) is 39.0 Å². The second-order valence-corrected chi connectivity index (χ2v) is 5.72. The Balaban J connectivity index is 2.71. The van der Waals surface area contributed by atoms with Crippen LogP contribution in [0.2, 0.25) is 0 Å². The molecule has 0 bridgehead atoms. The van der Waals surface area contributed by atoms with Gasteiger partial charge in [0.15, 0.2) is 11.5 Å². The average molecular weight is 330 g/mol. The van der Waals surface area contributed by atoms with E-state index in [0.29, 0.717) is 0 Å². The highest BCUT2D eigenvalue weighted by Gasteiger charge is 2.16. The van der Waals surface area contributed by atoms with E-state index < -0.39 is 18.1 Å². The molecule has 0 unspecified atom stereocenters. The van der Waals surface area contributed by atoms with Crippen molar-refractivity contribution in [1.29, 1.82) is 0 Å². The Bertz CT molecular complexity index is 571. The van der Waals surface area contributed by atoms with Gasteiger partial charge in [-0.15, -0.1) is 0 Å². The molecule has 6 nitrogen and oxygen atoms in total. The van der Waals surface area contributed by atoms with E-state index in [1.54, 1.807) is 0 Å². The highest BCUT2D eigenvalue weighted by Crippen LogP contribution is 2.29. The predicted octanol–water partition coefficient (Wildman–Crippen LogP) is 1.94. The number of alkyl halides is 2. The molecule has 0 spiro atoms. The van der Waals surface area contributed by atoms with Gasteiger partial charge in [-0.2, -0.15) is 8.78 Å². The lowest BCUT2D eigenvalue weighted by Gasteiger charge is -2.20. The van der Waals surface area contributed by atoms with Gasteiger partial charge in [-0.25, -0.2) is 0 Å². The molecule has 0 heterocycles. The van der Waals surface area contributed by atoms with Gasteiger partial charge >= 0.3 is 6.61 Å². The maximum Gasteiger partial charge on any atom is 0.387 e. The first kappa shape index (κ1) is 18.7. The van der Waals surface area contributed by atoms with Crippen molar-refractivity contribution in [1.82, 2.24) is 10.6 Å².